The van der Waals surface area contributed by atoms with Crippen LogP contribution in [0.15, 0.2) is 77.9 Å². The lowest BCUT2D eigenvalue weighted by atomic mass is 9.78. The van der Waals surface area contributed by atoms with Crippen molar-refractivity contribution in [2.45, 2.75) is 104 Å². The predicted octanol–water partition coefficient (Wildman–Crippen LogP) is 5.84. The highest BCUT2D eigenvalue weighted by Gasteiger charge is 2.53. The van der Waals surface area contributed by atoms with Crippen LogP contribution in [-0.4, -0.2) is 99.8 Å². The molecule has 4 heterocycles. The Bertz CT molecular complexity index is 2240. The summed E-state index contributed by atoms with van der Waals surface area (Å²) in [6, 6.07) is 9.97. The highest BCUT2D eigenvalue weighted by molar-refractivity contribution is 6.32. The van der Waals surface area contributed by atoms with Crippen LogP contribution in [0.5, 0.6) is 11.5 Å². The van der Waals surface area contributed by atoms with Gasteiger partial charge in [0.2, 0.25) is 11.6 Å². The summed E-state index contributed by atoms with van der Waals surface area (Å²) in [6.45, 7) is 13.2. The number of carbonyl (C=O) groups excluding carboxylic acids is 5. The highest BCUT2D eigenvalue weighted by Crippen LogP contribution is 2.49. The van der Waals surface area contributed by atoms with Crippen molar-refractivity contribution >= 4 is 29.2 Å². The first-order valence-corrected chi connectivity index (χ1v) is 21.2. The van der Waals surface area contributed by atoms with E-state index in [2.05, 4.69) is 5.32 Å². The molecule has 1 amide bonds. The third-order valence-electron chi connectivity index (χ3n) is 13.0. The van der Waals surface area contributed by atoms with Gasteiger partial charge in [-0.1, -0.05) is 76.3 Å². The Balaban J connectivity index is 1.47. The molecule has 1 saturated heterocycles. The molecule has 1 fully saturated rings. The fourth-order valence-electron chi connectivity index (χ4n) is 9.14. The molecule has 2 aromatic carbocycles. The lowest BCUT2D eigenvalue weighted by Gasteiger charge is -2.38. The third-order valence-corrected chi connectivity index (χ3v) is 13.0. The van der Waals surface area contributed by atoms with Gasteiger partial charge in [-0.15, -0.1) is 0 Å². The second kappa shape index (κ2) is 18.4. The van der Waals surface area contributed by atoms with Crippen molar-refractivity contribution in [3.05, 3.63) is 106 Å². The van der Waals surface area contributed by atoms with Gasteiger partial charge in [0.15, 0.2) is 0 Å². The smallest absolute Gasteiger partial charge is 0.312 e. The molecule has 4 aliphatic heterocycles. The molecule has 5 aliphatic rings. The molecule has 14 heteroatoms. The van der Waals surface area contributed by atoms with Crippen LogP contribution in [0.4, 0.5) is 0 Å². The molecule has 5 bridgehead atoms. The van der Waals surface area contributed by atoms with E-state index in [9.17, 15) is 34.5 Å². The van der Waals surface area contributed by atoms with Crippen molar-refractivity contribution in [2.75, 3.05) is 20.2 Å². The van der Waals surface area contributed by atoms with Crippen molar-refractivity contribution in [3.8, 4) is 11.5 Å². The number of ether oxygens (including phenoxy) is 4. The van der Waals surface area contributed by atoms with E-state index in [0.717, 1.165) is 5.56 Å². The number of hydrogen-bond acceptors (Lipinski definition) is 13. The van der Waals surface area contributed by atoms with Gasteiger partial charge in [-0.05, 0) is 44.2 Å². The van der Waals surface area contributed by atoms with Gasteiger partial charge in [-0.3, -0.25) is 24.0 Å². The number of nitrogens with zero attached hydrogens (tertiary/aromatic N) is 1. The number of phenolic OH excluding ortho intramolecular Hbond substituents is 1. The number of Topliss-reactive ketones (excluding diaryl/α,β-unsaturated/α-hetero) is 3. The molecule has 7 rings (SSSR count). The van der Waals surface area contributed by atoms with Crippen molar-refractivity contribution in [2.24, 2.45) is 23.7 Å². The lowest BCUT2D eigenvalue weighted by Crippen LogP contribution is -2.46. The summed E-state index contributed by atoms with van der Waals surface area (Å²) < 4.78 is 23.7. The second-order valence-corrected chi connectivity index (χ2v) is 17.2. The number of ketones is 3. The summed E-state index contributed by atoms with van der Waals surface area (Å²) in [5.74, 6) is -8.79. The molecule has 2 aromatic rings. The van der Waals surface area contributed by atoms with Crippen LogP contribution >= 0.6 is 0 Å². The normalized spacial score (nSPS) is 32.0. The average Bonchev–Trinajstić information content (AvgIpc) is 3.52. The highest BCUT2D eigenvalue weighted by atomic mass is 16.7. The zero-order chi connectivity index (χ0) is 45.4. The number of likely N-dealkylation sites (tertiary alicyclic amines) is 1. The minimum atomic E-state index is -2.08. The first kappa shape index (κ1) is 45.9. The Morgan fingerprint density at radius 3 is 2.18 bits per heavy atom. The number of allylic oxidation sites excluding steroid dienone is 4. The van der Waals surface area contributed by atoms with Crippen molar-refractivity contribution < 1.29 is 58.2 Å². The Kier molecular flexibility index (Phi) is 13.6. The molecule has 0 saturated carbocycles. The molecule has 0 radical (unpaired) electrons. The molecule has 0 aromatic heterocycles. The van der Waals surface area contributed by atoms with Crippen molar-refractivity contribution in [3.63, 3.8) is 0 Å². The number of hydrogen-bond donors (Lipinski definition) is 4. The van der Waals surface area contributed by atoms with E-state index in [0.29, 0.717) is 25.9 Å². The van der Waals surface area contributed by atoms with E-state index >= 15 is 4.79 Å². The zero-order valence-corrected chi connectivity index (χ0v) is 36.8. The maximum Gasteiger partial charge on any atom is 0.312 e. The molecule has 9 atom stereocenters. The molecular weight excluding hydrogens is 797 g/mol. The fourth-order valence-corrected chi connectivity index (χ4v) is 9.14. The number of phenols is 1. The molecule has 1 aliphatic carbocycles. The van der Waals surface area contributed by atoms with Gasteiger partial charge >= 0.3 is 11.8 Å². The lowest BCUT2D eigenvalue weighted by molar-refractivity contribution is -0.160. The number of fused-ring (bicyclic) bond motifs is 14. The molecule has 62 heavy (non-hydrogen) atoms. The number of aliphatic hydroxyl groups excluding tert-OH is 2. The van der Waals surface area contributed by atoms with E-state index in [1.165, 1.54) is 53.2 Å². The van der Waals surface area contributed by atoms with Crippen molar-refractivity contribution in [1.82, 2.24) is 10.2 Å². The van der Waals surface area contributed by atoms with Gasteiger partial charge in [-0.25, -0.2) is 0 Å². The zero-order valence-electron chi connectivity index (χ0n) is 36.8. The molecule has 0 spiro atoms. The van der Waals surface area contributed by atoms with E-state index < -0.39 is 94.4 Å². The number of aliphatic hydroxyl groups is 2. The number of piperidine rings is 1. The third kappa shape index (κ3) is 8.60. The quantitative estimate of drug-likeness (QED) is 0.268. The number of amides is 1. The number of rotatable bonds is 4. The predicted molar refractivity (Wildman–Crippen MR) is 228 cm³/mol. The van der Waals surface area contributed by atoms with Gasteiger partial charge < -0.3 is 44.5 Å². The molecule has 14 nitrogen and oxygen atoms in total. The van der Waals surface area contributed by atoms with Crippen LogP contribution in [0, 0.1) is 30.6 Å². The Morgan fingerprint density at radius 2 is 1.55 bits per heavy atom. The molecule has 332 valence electrons. The van der Waals surface area contributed by atoms with Crippen LogP contribution < -0.4 is 10.1 Å². The van der Waals surface area contributed by atoms with Crippen LogP contribution in [0.2, 0.25) is 0 Å². The minimum absolute atomic E-state index is 0.0137. The summed E-state index contributed by atoms with van der Waals surface area (Å²) in [5, 5.41) is 37.3. The van der Waals surface area contributed by atoms with Crippen LogP contribution in [0.3, 0.4) is 0 Å². The topological polar surface area (TPSA) is 198 Å². The van der Waals surface area contributed by atoms with E-state index in [1.807, 2.05) is 30.3 Å². The number of methoxy groups -OCH3 is 1. The summed E-state index contributed by atoms with van der Waals surface area (Å²) in [4.78, 5) is 72.3. The first-order valence-electron chi connectivity index (χ1n) is 21.2. The number of nitrogens with one attached hydrogen (secondary N) is 1. The summed E-state index contributed by atoms with van der Waals surface area (Å²) >= 11 is 0. The van der Waals surface area contributed by atoms with Crippen LogP contribution in [-0.2, 0) is 23.8 Å². The first-order chi connectivity index (χ1) is 29.3. The van der Waals surface area contributed by atoms with Gasteiger partial charge in [-0.2, -0.15) is 0 Å². The number of benzene rings is 2. The monoisotopic (exact) mass is 854 g/mol. The van der Waals surface area contributed by atoms with Gasteiger partial charge in [0, 0.05) is 68.9 Å². The maximum absolute atomic E-state index is 15.0. The SMILES string of the molecule is CO[C@H]1/C=C/O[C@@]2(C)Oc3c(C)c(O)c4c(c3C2=O)C(=O)C(N2CCC(c3ccccc3)CC2)=C(NC(=O)/C(C)=C\C=C\[C@H](C)[C@H](O)[C@@H](C)[C@H](O)[C@H](C)[C@H](OC(C)=O)[C@@H]1C)C4=O. The summed E-state index contributed by atoms with van der Waals surface area (Å²) in [6.07, 6.45) is 4.78. The Morgan fingerprint density at radius 1 is 0.887 bits per heavy atom. The number of aromatic hydroxyl groups is 1. The maximum atomic E-state index is 15.0. The van der Waals surface area contributed by atoms with E-state index in [1.54, 1.807) is 44.7 Å². The number of carbonyl (C=O) groups is 5. The standard InChI is InChI=1S/C48H58N2O12/c1-24-14-13-15-25(2)47(58)49-37-38(50-21-18-32(19-22-50)31-16-11-10-12-17-31)43(56)34-35(42(37)55)41(54)29(6)45-36(34)46(57)48(8,62-45)60-23-20-33(59-9)26(3)44(61-30(7)51)28(5)40(53)27(4)39(24)52/h10-17,20,23-24,26-28,32-33,39-40,44,52-54H,18-19,21-22H2,1-9H3,(H,49,58)/b14-13+,23-20+,25-15-/t24-,26+,27+,28-,33-,39-,40-,44+,48-/m0/s1. The Labute approximate surface area is 362 Å². The summed E-state index contributed by atoms with van der Waals surface area (Å²) in [7, 11) is 1.44. The second-order valence-electron chi connectivity index (χ2n) is 17.2. The molecule has 4 N–H and O–H groups in total. The van der Waals surface area contributed by atoms with Gasteiger partial charge in [0.25, 0.3) is 11.7 Å². The van der Waals surface area contributed by atoms with Crippen LogP contribution in [0.1, 0.15) is 109 Å². The molecular formula is C48H58N2O12. The van der Waals surface area contributed by atoms with E-state index in [4.69, 9.17) is 18.9 Å². The van der Waals surface area contributed by atoms with Crippen molar-refractivity contribution in [1.29, 1.82) is 0 Å². The van der Waals surface area contributed by atoms with E-state index in [-0.39, 0.29) is 45.3 Å². The number of esters is 1. The average molecular weight is 855 g/mol. The van der Waals surface area contributed by atoms with Gasteiger partial charge in [0.05, 0.1) is 41.3 Å². The van der Waals surface area contributed by atoms with Gasteiger partial charge in [0.1, 0.15) is 29.0 Å². The largest absolute Gasteiger partial charge is 0.507 e. The molecule has 0 unspecified atom stereocenters. The fraction of sp³-hybridized carbons (Fsp3) is 0.479. The summed E-state index contributed by atoms with van der Waals surface area (Å²) in [5.41, 5.74) is -0.136. The minimum Gasteiger partial charge on any atom is -0.507 e. The van der Waals surface area contributed by atoms with Crippen LogP contribution in [0.25, 0.3) is 0 Å². The Hall–Kier alpha value is -5.57.